The van der Waals surface area contributed by atoms with Crippen LogP contribution in [0.2, 0.25) is 8.67 Å². The molecule has 1 amide bonds. The number of benzene rings is 1. The lowest BCUT2D eigenvalue weighted by molar-refractivity contribution is 0.0953. The van der Waals surface area contributed by atoms with E-state index in [0.29, 0.717) is 19.0 Å². The highest BCUT2D eigenvalue weighted by molar-refractivity contribution is 7.20. The Hall–Kier alpha value is -1.34. The summed E-state index contributed by atoms with van der Waals surface area (Å²) in [5.74, 6) is -0.374. The summed E-state index contributed by atoms with van der Waals surface area (Å²) in [7, 11) is 1.90. The van der Waals surface area contributed by atoms with Gasteiger partial charge in [0.2, 0.25) is 4.80 Å². The number of nitrogens with one attached hydrogen (secondary N) is 1. The van der Waals surface area contributed by atoms with Crippen molar-refractivity contribution >= 4 is 62.0 Å². The van der Waals surface area contributed by atoms with Crippen LogP contribution in [0.25, 0.3) is 10.2 Å². The lowest BCUT2D eigenvalue weighted by Crippen LogP contribution is -2.23. The molecular formula is C13H9Cl2N3OS2. The summed E-state index contributed by atoms with van der Waals surface area (Å²) in [5.41, 5.74) is 3.91. The number of rotatable bonds is 2. The molecule has 0 atom stereocenters. The molecule has 3 rings (SSSR count). The van der Waals surface area contributed by atoms with Crippen molar-refractivity contribution in [2.75, 3.05) is 0 Å². The Morgan fingerprint density at radius 2 is 2.05 bits per heavy atom. The minimum atomic E-state index is -0.374. The van der Waals surface area contributed by atoms with E-state index in [4.69, 9.17) is 23.2 Å². The van der Waals surface area contributed by atoms with E-state index < -0.39 is 0 Å². The van der Waals surface area contributed by atoms with Gasteiger partial charge < -0.3 is 4.57 Å². The molecule has 0 unspecified atom stereocenters. The molecule has 0 bridgehead atoms. The molecule has 0 spiro atoms. The second-order valence-electron chi connectivity index (χ2n) is 4.20. The number of thiophene rings is 1. The maximum atomic E-state index is 12.0. The van der Waals surface area contributed by atoms with Crippen molar-refractivity contribution < 1.29 is 4.79 Å². The van der Waals surface area contributed by atoms with Gasteiger partial charge >= 0.3 is 0 Å². The quantitative estimate of drug-likeness (QED) is 0.695. The zero-order valence-corrected chi connectivity index (χ0v) is 13.9. The average Bonchev–Trinajstić information content (AvgIpc) is 2.97. The van der Waals surface area contributed by atoms with Gasteiger partial charge in [0.05, 0.1) is 20.1 Å². The molecule has 21 heavy (non-hydrogen) atoms. The number of thiazole rings is 1. The number of aromatic nitrogens is 1. The number of carbonyl (C=O) groups is 1. The van der Waals surface area contributed by atoms with Gasteiger partial charge in [-0.2, -0.15) is 0 Å². The second-order valence-corrected chi connectivity index (χ2v) is 7.50. The zero-order valence-electron chi connectivity index (χ0n) is 10.8. The average molecular weight is 358 g/mol. The van der Waals surface area contributed by atoms with Crippen molar-refractivity contribution in [1.29, 1.82) is 0 Å². The molecule has 0 aliphatic rings. The predicted octanol–water partition coefficient (Wildman–Crippen LogP) is 3.85. The van der Waals surface area contributed by atoms with Gasteiger partial charge in [0.1, 0.15) is 4.34 Å². The van der Waals surface area contributed by atoms with Crippen LogP contribution in [0, 0.1) is 0 Å². The molecule has 108 valence electrons. The fourth-order valence-corrected chi connectivity index (χ4v) is 4.28. The van der Waals surface area contributed by atoms with Crippen LogP contribution in [0.5, 0.6) is 0 Å². The summed E-state index contributed by atoms with van der Waals surface area (Å²) >= 11 is 14.4. The Morgan fingerprint density at radius 3 is 2.71 bits per heavy atom. The first-order valence-corrected chi connectivity index (χ1v) is 8.28. The van der Waals surface area contributed by atoms with Gasteiger partial charge in [-0.25, -0.2) is 5.43 Å². The van der Waals surface area contributed by atoms with E-state index in [2.05, 4.69) is 10.5 Å². The van der Waals surface area contributed by atoms with E-state index in [0.717, 1.165) is 21.6 Å². The van der Waals surface area contributed by atoms with Crippen LogP contribution in [-0.2, 0) is 7.05 Å². The molecular weight excluding hydrogens is 349 g/mol. The summed E-state index contributed by atoms with van der Waals surface area (Å²) < 4.78 is 3.85. The van der Waals surface area contributed by atoms with E-state index in [-0.39, 0.29) is 5.91 Å². The van der Waals surface area contributed by atoms with E-state index in [1.807, 2.05) is 35.9 Å². The van der Waals surface area contributed by atoms with Gasteiger partial charge in [-0.05, 0) is 18.2 Å². The number of hydrogen-bond donors (Lipinski definition) is 1. The molecule has 2 heterocycles. The highest BCUT2D eigenvalue weighted by atomic mass is 35.5. The van der Waals surface area contributed by atoms with Crippen molar-refractivity contribution in [3.63, 3.8) is 0 Å². The number of aryl methyl sites for hydroxylation is 1. The fraction of sp³-hybridized carbons (Fsp3) is 0.0769. The number of hydrogen-bond acceptors (Lipinski definition) is 4. The SMILES string of the molecule is Cn1/c(=N/NC(=O)c2cc(Cl)sc2Cl)sc2ccccc21. The molecule has 1 aromatic carbocycles. The summed E-state index contributed by atoms with van der Waals surface area (Å²) in [6, 6.07) is 9.47. The van der Waals surface area contributed by atoms with Gasteiger partial charge in [0.25, 0.3) is 5.91 Å². The normalized spacial score (nSPS) is 12.0. The van der Waals surface area contributed by atoms with Crippen molar-refractivity contribution in [1.82, 2.24) is 9.99 Å². The third-order valence-electron chi connectivity index (χ3n) is 2.87. The second kappa shape index (κ2) is 5.81. The third kappa shape index (κ3) is 2.85. The first kappa shape index (κ1) is 14.6. The van der Waals surface area contributed by atoms with Gasteiger partial charge in [0.15, 0.2) is 0 Å². The molecule has 0 radical (unpaired) electrons. The topological polar surface area (TPSA) is 46.4 Å². The van der Waals surface area contributed by atoms with Gasteiger partial charge in [-0.3, -0.25) is 4.79 Å². The molecule has 2 aromatic heterocycles. The number of para-hydroxylation sites is 1. The zero-order chi connectivity index (χ0) is 15.0. The third-order valence-corrected chi connectivity index (χ3v) is 5.47. The van der Waals surface area contributed by atoms with Gasteiger partial charge in [-0.15, -0.1) is 16.4 Å². The van der Waals surface area contributed by atoms with Crippen molar-refractivity contribution in [3.8, 4) is 0 Å². The predicted molar refractivity (Wildman–Crippen MR) is 88.2 cm³/mol. The highest BCUT2D eigenvalue weighted by Crippen LogP contribution is 2.30. The van der Waals surface area contributed by atoms with E-state index in [1.165, 1.54) is 17.4 Å². The van der Waals surface area contributed by atoms with Crippen LogP contribution < -0.4 is 10.2 Å². The van der Waals surface area contributed by atoms with Crippen LogP contribution in [-0.4, -0.2) is 10.5 Å². The molecule has 8 heteroatoms. The fourth-order valence-electron chi connectivity index (χ4n) is 1.84. The molecule has 0 aliphatic heterocycles. The Kier molecular flexibility index (Phi) is 4.03. The number of carbonyl (C=O) groups excluding carboxylic acids is 1. The monoisotopic (exact) mass is 357 g/mol. The largest absolute Gasteiger partial charge is 0.318 e. The highest BCUT2D eigenvalue weighted by Gasteiger charge is 2.13. The van der Waals surface area contributed by atoms with Crippen LogP contribution in [0.3, 0.4) is 0 Å². The van der Waals surface area contributed by atoms with Gasteiger partial charge in [0, 0.05) is 7.05 Å². The number of nitrogens with zero attached hydrogens (tertiary/aromatic N) is 2. The minimum Gasteiger partial charge on any atom is -0.318 e. The standard InChI is InChI=1S/C13H9Cl2N3OS2/c1-18-8-4-2-3-5-9(8)20-13(18)17-16-12(19)7-6-10(14)21-11(7)15/h2-6H,1H3,(H,16,19)/b17-13-. The van der Waals surface area contributed by atoms with E-state index >= 15 is 0 Å². The lowest BCUT2D eigenvalue weighted by Gasteiger charge is -1.97. The summed E-state index contributed by atoms with van der Waals surface area (Å²) in [5, 5.41) is 4.15. The first-order valence-electron chi connectivity index (χ1n) is 5.89. The Bertz CT molecular complexity index is 894. The van der Waals surface area contributed by atoms with Crippen molar-refractivity contribution in [3.05, 3.63) is 49.4 Å². The van der Waals surface area contributed by atoms with Crippen LogP contribution in [0.15, 0.2) is 35.4 Å². The Balaban J connectivity index is 1.93. The summed E-state index contributed by atoms with van der Waals surface area (Å²) in [6.45, 7) is 0. The minimum absolute atomic E-state index is 0.333. The molecule has 4 nitrogen and oxygen atoms in total. The first-order chi connectivity index (χ1) is 10.1. The Morgan fingerprint density at radius 1 is 1.29 bits per heavy atom. The lowest BCUT2D eigenvalue weighted by atomic mass is 10.3. The smallest absolute Gasteiger partial charge is 0.273 e. The maximum Gasteiger partial charge on any atom is 0.273 e. The number of halogens is 2. The molecule has 0 fully saturated rings. The molecule has 1 N–H and O–H groups in total. The van der Waals surface area contributed by atoms with Crippen LogP contribution in [0.1, 0.15) is 10.4 Å². The van der Waals surface area contributed by atoms with Gasteiger partial charge in [-0.1, -0.05) is 46.7 Å². The number of amides is 1. The molecule has 0 saturated carbocycles. The molecule has 0 saturated heterocycles. The number of fused-ring (bicyclic) bond motifs is 1. The molecule has 3 aromatic rings. The summed E-state index contributed by atoms with van der Waals surface area (Å²) in [6.07, 6.45) is 0. The van der Waals surface area contributed by atoms with Crippen LogP contribution >= 0.6 is 45.9 Å². The van der Waals surface area contributed by atoms with Crippen molar-refractivity contribution in [2.24, 2.45) is 12.1 Å². The Labute approximate surface area is 138 Å². The van der Waals surface area contributed by atoms with Crippen molar-refractivity contribution in [2.45, 2.75) is 0 Å². The summed E-state index contributed by atoms with van der Waals surface area (Å²) in [4.78, 5) is 12.7. The van der Waals surface area contributed by atoms with E-state index in [9.17, 15) is 4.79 Å². The van der Waals surface area contributed by atoms with E-state index in [1.54, 1.807) is 0 Å². The molecule has 0 aliphatic carbocycles. The maximum absolute atomic E-state index is 12.0. The van der Waals surface area contributed by atoms with Crippen LogP contribution in [0.4, 0.5) is 0 Å².